The van der Waals surface area contributed by atoms with Gasteiger partial charge in [0.15, 0.2) is 0 Å². The fourth-order valence-electron chi connectivity index (χ4n) is 3.21. The van der Waals surface area contributed by atoms with E-state index in [1.54, 1.807) is 0 Å². The number of pyridine rings is 1. The lowest BCUT2D eigenvalue weighted by Gasteiger charge is -2.29. The molecule has 1 aliphatic carbocycles. The van der Waals surface area contributed by atoms with Crippen LogP contribution in [0.2, 0.25) is 5.02 Å². The van der Waals surface area contributed by atoms with Crippen molar-refractivity contribution in [1.29, 1.82) is 0 Å². The van der Waals surface area contributed by atoms with Crippen LogP contribution in [0.5, 0.6) is 0 Å². The molecule has 1 N–H and O–H groups in total. The second-order valence-corrected chi connectivity index (χ2v) is 6.36. The molecule has 1 fully saturated rings. The molecule has 2 atom stereocenters. The number of hydrogen-bond acceptors (Lipinski definition) is 2. The summed E-state index contributed by atoms with van der Waals surface area (Å²) in [5.41, 5.74) is 2.13. The Bertz CT molecular complexity index is 597. The molecular weight excluding hydrogens is 268 g/mol. The van der Waals surface area contributed by atoms with Crippen molar-refractivity contribution in [1.82, 2.24) is 4.98 Å². The molecule has 1 aromatic heterocycles. The molecule has 0 radical (unpaired) electrons. The normalized spacial score (nSPS) is 22.9. The smallest absolute Gasteiger partial charge is 0.0737 e. The fourth-order valence-corrected chi connectivity index (χ4v) is 3.38. The maximum absolute atomic E-state index is 6.03. The number of hydrogen-bond donors (Lipinski definition) is 1. The SMILES string of the molecule is CC1CCCCC1CNc1ccnc2cc(Cl)ccc12. The van der Waals surface area contributed by atoms with Crippen LogP contribution in [0.3, 0.4) is 0 Å². The van der Waals surface area contributed by atoms with Gasteiger partial charge in [-0.1, -0.05) is 37.8 Å². The number of nitrogens with zero attached hydrogens (tertiary/aromatic N) is 1. The van der Waals surface area contributed by atoms with Gasteiger partial charge < -0.3 is 5.32 Å². The highest BCUT2D eigenvalue weighted by atomic mass is 35.5. The van der Waals surface area contributed by atoms with Crippen LogP contribution in [-0.4, -0.2) is 11.5 Å². The van der Waals surface area contributed by atoms with E-state index in [4.69, 9.17) is 11.6 Å². The Labute approximate surface area is 125 Å². The van der Waals surface area contributed by atoms with Gasteiger partial charge in [-0.25, -0.2) is 0 Å². The van der Waals surface area contributed by atoms with Crippen LogP contribution < -0.4 is 5.32 Å². The van der Waals surface area contributed by atoms with E-state index in [-0.39, 0.29) is 0 Å². The number of aromatic nitrogens is 1. The van der Waals surface area contributed by atoms with E-state index in [9.17, 15) is 0 Å². The zero-order valence-corrected chi connectivity index (χ0v) is 12.7. The second kappa shape index (κ2) is 6.01. The van der Waals surface area contributed by atoms with E-state index in [2.05, 4.69) is 29.4 Å². The number of benzene rings is 1. The Morgan fingerprint density at radius 3 is 2.95 bits per heavy atom. The highest BCUT2D eigenvalue weighted by molar-refractivity contribution is 6.31. The zero-order valence-electron chi connectivity index (χ0n) is 11.9. The topological polar surface area (TPSA) is 24.9 Å². The van der Waals surface area contributed by atoms with E-state index < -0.39 is 0 Å². The van der Waals surface area contributed by atoms with Gasteiger partial charge in [-0.05, 0) is 42.5 Å². The third-order valence-corrected chi connectivity index (χ3v) is 4.78. The lowest BCUT2D eigenvalue weighted by atomic mass is 9.80. The maximum atomic E-state index is 6.03. The van der Waals surface area contributed by atoms with E-state index in [0.717, 1.165) is 34.3 Å². The summed E-state index contributed by atoms with van der Waals surface area (Å²) >= 11 is 6.03. The minimum absolute atomic E-state index is 0.739. The monoisotopic (exact) mass is 288 g/mol. The molecule has 2 unspecified atom stereocenters. The van der Waals surface area contributed by atoms with Crippen molar-refractivity contribution < 1.29 is 0 Å². The molecular formula is C17H21ClN2. The first-order chi connectivity index (χ1) is 9.74. The lowest BCUT2D eigenvalue weighted by Crippen LogP contribution is -2.24. The fraction of sp³-hybridized carbons (Fsp3) is 0.471. The molecule has 106 valence electrons. The van der Waals surface area contributed by atoms with E-state index in [1.807, 2.05) is 18.3 Å². The van der Waals surface area contributed by atoms with Crippen LogP contribution in [0.4, 0.5) is 5.69 Å². The van der Waals surface area contributed by atoms with Gasteiger partial charge in [0.2, 0.25) is 0 Å². The van der Waals surface area contributed by atoms with Crippen LogP contribution in [0, 0.1) is 11.8 Å². The van der Waals surface area contributed by atoms with Gasteiger partial charge in [0.05, 0.1) is 5.52 Å². The second-order valence-electron chi connectivity index (χ2n) is 5.92. The molecule has 1 aromatic carbocycles. The van der Waals surface area contributed by atoms with Crippen molar-refractivity contribution in [2.75, 3.05) is 11.9 Å². The minimum atomic E-state index is 0.739. The highest BCUT2D eigenvalue weighted by Gasteiger charge is 2.20. The van der Waals surface area contributed by atoms with Crippen LogP contribution in [-0.2, 0) is 0 Å². The first-order valence-electron chi connectivity index (χ1n) is 7.52. The molecule has 1 heterocycles. The summed E-state index contributed by atoms with van der Waals surface area (Å²) in [7, 11) is 0. The molecule has 20 heavy (non-hydrogen) atoms. The predicted molar refractivity (Wildman–Crippen MR) is 86.4 cm³/mol. The van der Waals surface area contributed by atoms with Gasteiger partial charge in [-0.3, -0.25) is 4.98 Å². The molecule has 0 spiro atoms. The van der Waals surface area contributed by atoms with Crippen LogP contribution >= 0.6 is 11.6 Å². The molecule has 3 rings (SSSR count). The third kappa shape index (κ3) is 2.90. The van der Waals surface area contributed by atoms with Gasteiger partial charge in [0, 0.05) is 28.8 Å². The summed E-state index contributed by atoms with van der Waals surface area (Å²) in [5.74, 6) is 1.62. The maximum Gasteiger partial charge on any atom is 0.0737 e. The number of anilines is 1. The summed E-state index contributed by atoms with van der Waals surface area (Å²) in [4.78, 5) is 4.39. The molecule has 2 aromatic rings. The van der Waals surface area contributed by atoms with E-state index >= 15 is 0 Å². The van der Waals surface area contributed by atoms with Crippen molar-refractivity contribution in [3.8, 4) is 0 Å². The largest absolute Gasteiger partial charge is 0.384 e. The molecule has 0 saturated heterocycles. The molecule has 1 aliphatic rings. The Balaban J connectivity index is 1.77. The Kier molecular flexibility index (Phi) is 4.11. The van der Waals surface area contributed by atoms with Gasteiger partial charge in [0.1, 0.15) is 0 Å². The summed E-state index contributed by atoms with van der Waals surface area (Å²) < 4.78 is 0. The summed E-state index contributed by atoms with van der Waals surface area (Å²) in [5, 5.41) is 5.52. The summed E-state index contributed by atoms with van der Waals surface area (Å²) in [6.45, 7) is 3.44. The van der Waals surface area contributed by atoms with Crippen LogP contribution in [0.15, 0.2) is 30.5 Å². The predicted octanol–water partition coefficient (Wildman–Crippen LogP) is 5.13. The van der Waals surface area contributed by atoms with Crippen molar-refractivity contribution >= 4 is 28.2 Å². The molecule has 1 saturated carbocycles. The van der Waals surface area contributed by atoms with Gasteiger partial charge >= 0.3 is 0 Å². The third-order valence-electron chi connectivity index (χ3n) is 4.55. The number of halogens is 1. The van der Waals surface area contributed by atoms with Crippen LogP contribution in [0.1, 0.15) is 32.6 Å². The zero-order chi connectivity index (χ0) is 13.9. The van der Waals surface area contributed by atoms with E-state index in [0.29, 0.717) is 0 Å². The average molecular weight is 289 g/mol. The highest BCUT2D eigenvalue weighted by Crippen LogP contribution is 2.31. The summed E-state index contributed by atoms with van der Waals surface area (Å²) in [6.07, 6.45) is 7.35. The quantitative estimate of drug-likeness (QED) is 0.847. The average Bonchev–Trinajstić information content (AvgIpc) is 2.46. The Morgan fingerprint density at radius 1 is 1.25 bits per heavy atom. The molecule has 0 amide bonds. The van der Waals surface area contributed by atoms with Gasteiger partial charge in [-0.2, -0.15) is 0 Å². The van der Waals surface area contributed by atoms with Gasteiger partial charge in [-0.15, -0.1) is 0 Å². The summed E-state index contributed by atoms with van der Waals surface area (Å²) in [6, 6.07) is 7.96. The van der Waals surface area contributed by atoms with Crippen LogP contribution in [0.25, 0.3) is 10.9 Å². The Morgan fingerprint density at radius 2 is 2.10 bits per heavy atom. The van der Waals surface area contributed by atoms with Crippen molar-refractivity contribution in [3.05, 3.63) is 35.5 Å². The first-order valence-corrected chi connectivity index (χ1v) is 7.90. The molecule has 0 aliphatic heterocycles. The number of fused-ring (bicyclic) bond motifs is 1. The standard InChI is InChI=1S/C17H21ClN2/c1-12-4-2-3-5-13(12)11-20-16-8-9-19-17-10-14(18)6-7-15(16)17/h6-10,12-13H,2-5,11H2,1H3,(H,19,20). The number of rotatable bonds is 3. The van der Waals surface area contributed by atoms with E-state index in [1.165, 1.54) is 31.4 Å². The molecule has 3 heteroatoms. The minimum Gasteiger partial charge on any atom is -0.384 e. The van der Waals surface area contributed by atoms with Crippen molar-refractivity contribution in [2.24, 2.45) is 11.8 Å². The molecule has 0 bridgehead atoms. The number of nitrogens with one attached hydrogen (secondary N) is 1. The van der Waals surface area contributed by atoms with Crippen molar-refractivity contribution in [3.63, 3.8) is 0 Å². The molecule has 2 nitrogen and oxygen atoms in total. The first kappa shape index (κ1) is 13.7. The van der Waals surface area contributed by atoms with Gasteiger partial charge in [0.25, 0.3) is 0 Å². The van der Waals surface area contributed by atoms with Crippen molar-refractivity contribution in [2.45, 2.75) is 32.6 Å². The lowest BCUT2D eigenvalue weighted by molar-refractivity contribution is 0.269. The Hall–Kier alpha value is -1.28.